The minimum absolute atomic E-state index is 0.0889. The number of amides is 4. The van der Waals surface area contributed by atoms with Gasteiger partial charge in [-0.3, -0.25) is 9.80 Å². The van der Waals surface area contributed by atoms with Crippen LogP contribution in [0.5, 0.6) is 0 Å². The normalized spacial score (nSPS) is 21.3. The number of halogens is 3. The van der Waals surface area contributed by atoms with E-state index in [1.165, 1.54) is 24.1 Å². The third-order valence-electron chi connectivity index (χ3n) is 6.47. The summed E-state index contributed by atoms with van der Waals surface area (Å²) in [6.45, 7) is 11.1. The van der Waals surface area contributed by atoms with Gasteiger partial charge in [0, 0.05) is 50.5 Å². The molecule has 3 rings (SSSR count). The Balaban J connectivity index is 1.91. The second kappa shape index (κ2) is 11.2. The van der Waals surface area contributed by atoms with Crippen molar-refractivity contribution in [3.8, 4) is 0 Å². The highest BCUT2D eigenvalue weighted by Gasteiger charge is 2.39. The molecule has 0 saturated carbocycles. The predicted octanol–water partition coefficient (Wildman–Crippen LogP) is 3.73. The quantitative estimate of drug-likeness (QED) is 0.557. The molecule has 0 aromatic heterocycles. The molecule has 9 nitrogen and oxygen atoms in total. The Kier molecular flexibility index (Phi) is 8.65. The topological polar surface area (TPSA) is 94.2 Å². The summed E-state index contributed by atoms with van der Waals surface area (Å²) in [6.07, 6.45) is -4.51. The lowest BCUT2D eigenvalue weighted by Crippen LogP contribution is -2.59. The Morgan fingerprint density at radius 1 is 1.13 bits per heavy atom. The summed E-state index contributed by atoms with van der Waals surface area (Å²) >= 11 is 0. The first-order chi connectivity index (χ1) is 17.6. The molecule has 12 heteroatoms. The number of ether oxygens (including phenoxy) is 1. The molecule has 0 unspecified atom stereocenters. The predicted molar refractivity (Wildman–Crippen MR) is 135 cm³/mol. The van der Waals surface area contributed by atoms with Crippen molar-refractivity contribution in [3.05, 3.63) is 46.7 Å². The number of alkyl halides is 3. The lowest BCUT2D eigenvalue weighted by molar-refractivity contribution is -0.139. The molecule has 0 bridgehead atoms. The van der Waals surface area contributed by atoms with Crippen LogP contribution in [0.15, 0.2) is 35.5 Å². The van der Waals surface area contributed by atoms with Gasteiger partial charge in [-0.2, -0.15) is 13.2 Å². The molecule has 1 aromatic rings. The molecule has 2 heterocycles. The van der Waals surface area contributed by atoms with E-state index in [4.69, 9.17) is 4.74 Å². The Morgan fingerprint density at radius 3 is 2.29 bits per heavy atom. The van der Waals surface area contributed by atoms with Crippen molar-refractivity contribution < 1.29 is 32.3 Å². The molecule has 4 amide bonds. The SMILES string of the molecule is CCOC(=O)C1=C(CN2CCN(C(=O)NC(C)(C)C)[C@@H](C)C2)N(C)C(=O)N[C@H]1c1ccc(C(F)(F)F)cc1. The number of hydrogen-bond donors (Lipinski definition) is 2. The first kappa shape index (κ1) is 29.3. The Bertz CT molecular complexity index is 1080. The molecule has 1 saturated heterocycles. The van der Waals surface area contributed by atoms with Gasteiger partial charge in [-0.1, -0.05) is 12.1 Å². The lowest BCUT2D eigenvalue weighted by Gasteiger charge is -2.43. The number of benzene rings is 1. The van der Waals surface area contributed by atoms with Gasteiger partial charge in [0.2, 0.25) is 0 Å². The third kappa shape index (κ3) is 6.77. The summed E-state index contributed by atoms with van der Waals surface area (Å²) in [4.78, 5) is 43.9. The second-order valence-electron chi connectivity index (χ2n) is 10.6. The number of rotatable bonds is 5. The van der Waals surface area contributed by atoms with Gasteiger partial charge in [0.1, 0.15) is 0 Å². The van der Waals surface area contributed by atoms with Gasteiger partial charge in [0.15, 0.2) is 0 Å². The van der Waals surface area contributed by atoms with Crippen LogP contribution >= 0.6 is 0 Å². The molecule has 2 aliphatic rings. The highest BCUT2D eigenvalue weighted by atomic mass is 19.4. The third-order valence-corrected chi connectivity index (χ3v) is 6.47. The summed E-state index contributed by atoms with van der Waals surface area (Å²) < 4.78 is 44.6. The minimum atomic E-state index is -4.51. The average molecular weight is 540 g/mol. The second-order valence-corrected chi connectivity index (χ2v) is 10.6. The average Bonchev–Trinajstić information content (AvgIpc) is 2.80. The minimum Gasteiger partial charge on any atom is -0.463 e. The van der Waals surface area contributed by atoms with E-state index >= 15 is 0 Å². The monoisotopic (exact) mass is 539 g/mol. The van der Waals surface area contributed by atoms with Crippen LogP contribution < -0.4 is 10.6 Å². The first-order valence-electron chi connectivity index (χ1n) is 12.5. The molecule has 210 valence electrons. The van der Waals surface area contributed by atoms with Gasteiger partial charge in [-0.05, 0) is 52.3 Å². The van der Waals surface area contributed by atoms with Gasteiger partial charge in [-0.25, -0.2) is 14.4 Å². The van der Waals surface area contributed by atoms with Gasteiger partial charge in [0.05, 0.1) is 23.8 Å². The lowest BCUT2D eigenvalue weighted by atomic mass is 9.93. The van der Waals surface area contributed by atoms with E-state index in [0.717, 1.165) is 12.1 Å². The Hall–Kier alpha value is -3.28. The van der Waals surface area contributed by atoms with Crippen molar-refractivity contribution >= 4 is 18.0 Å². The van der Waals surface area contributed by atoms with Crippen LogP contribution in [0, 0.1) is 0 Å². The molecule has 0 aliphatic carbocycles. The number of carbonyl (C=O) groups excluding carboxylic acids is 3. The van der Waals surface area contributed by atoms with Gasteiger partial charge >= 0.3 is 24.2 Å². The van der Waals surface area contributed by atoms with Crippen molar-refractivity contribution in [3.63, 3.8) is 0 Å². The van der Waals surface area contributed by atoms with Crippen LogP contribution in [0.1, 0.15) is 51.8 Å². The number of likely N-dealkylation sites (N-methyl/N-ethyl adjacent to an activating group) is 1. The highest BCUT2D eigenvalue weighted by molar-refractivity contribution is 5.95. The molecular weight excluding hydrogens is 503 g/mol. The fraction of sp³-hybridized carbons (Fsp3) is 0.577. The van der Waals surface area contributed by atoms with Gasteiger partial charge < -0.3 is 20.3 Å². The van der Waals surface area contributed by atoms with Crippen LogP contribution in [0.25, 0.3) is 0 Å². The molecular formula is C26H36F3N5O4. The fourth-order valence-corrected chi connectivity index (χ4v) is 4.60. The van der Waals surface area contributed by atoms with Crippen LogP contribution in [0.4, 0.5) is 22.8 Å². The largest absolute Gasteiger partial charge is 0.463 e. The molecule has 2 atom stereocenters. The molecule has 0 radical (unpaired) electrons. The van der Waals surface area contributed by atoms with Crippen molar-refractivity contribution in [2.45, 2.75) is 58.4 Å². The van der Waals surface area contributed by atoms with Crippen molar-refractivity contribution in [1.29, 1.82) is 0 Å². The number of hydrogen-bond acceptors (Lipinski definition) is 5. The van der Waals surface area contributed by atoms with Crippen LogP contribution in [-0.4, -0.2) is 84.1 Å². The first-order valence-corrected chi connectivity index (χ1v) is 12.5. The number of carbonyl (C=O) groups is 3. The Morgan fingerprint density at radius 2 is 1.76 bits per heavy atom. The van der Waals surface area contributed by atoms with Crippen molar-refractivity contribution in [1.82, 2.24) is 25.3 Å². The number of nitrogens with zero attached hydrogens (tertiary/aromatic N) is 3. The standard InChI is InChI=1S/C26H36F3N5O4/c1-7-38-22(35)20-19(15-33-12-13-34(16(2)14-33)24(37)31-25(3,4)5)32(6)23(36)30-21(20)17-8-10-18(11-9-17)26(27,28)29/h8-11,16,21H,7,12-15H2,1-6H3,(H,30,36)(H,31,37)/t16-,21-/m0/s1. The van der Waals surface area contributed by atoms with E-state index in [1.54, 1.807) is 11.8 Å². The van der Waals surface area contributed by atoms with E-state index in [1.807, 2.05) is 32.6 Å². The molecule has 1 aromatic carbocycles. The highest BCUT2D eigenvalue weighted by Crippen LogP contribution is 2.34. The zero-order chi connectivity index (χ0) is 28.4. The maximum Gasteiger partial charge on any atom is 0.416 e. The summed E-state index contributed by atoms with van der Waals surface area (Å²) in [5.74, 6) is -0.657. The number of urea groups is 2. The smallest absolute Gasteiger partial charge is 0.416 e. The maximum atomic E-state index is 13.1. The van der Waals surface area contributed by atoms with E-state index in [2.05, 4.69) is 10.6 Å². The number of piperazine rings is 1. The van der Waals surface area contributed by atoms with E-state index in [0.29, 0.717) is 30.9 Å². The van der Waals surface area contributed by atoms with Gasteiger partial charge in [-0.15, -0.1) is 0 Å². The molecule has 0 spiro atoms. The van der Waals surface area contributed by atoms with Crippen molar-refractivity contribution in [2.24, 2.45) is 0 Å². The summed E-state index contributed by atoms with van der Waals surface area (Å²) in [5, 5.41) is 5.69. The van der Waals surface area contributed by atoms with E-state index in [9.17, 15) is 27.6 Å². The van der Waals surface area contributed by atoms with Crippen LogP contribution in [0.3, 0.4) is 0 Å². The maximum absolute atomic E-state index is 13.1. The Labute approximate surface area is 221 Å². The summed E-state index contributed by atoms with van der Waals surface area (Å²) in [5.41, 5.74) is -0.313. The van der Waals surface area contributed by atoms with Gasteiger partial charge in [0.25, 0.3) is 0 Å². The van der Waals surface area contributed by atoms with E-state index in [-0.39, 0.29) is 36.3 Å². The molecule has 1 fully saturated rings. The molecule has 2 aliphatic heterocycles. The van der Waals surface area contributed by atoms with Crippen LogP contribution in [0.2, 0.25) is 0 Å². The number of nitrogens with one attached hydrogen (secondary N) is 2. The summed E-state index contributed by atoms with van der Waals surface area (Å²) in [6, 6.07) is 2.59. The molecule has 38 heavy (non-hydrogen) atoms. The summed E-state index contributed by atoms with van der Waals surface area (Å²) in [7, 11) is 1.53. The fourth-order valence-electron chi connectivity index (χ4n) is 4.60. The van der Waals surface area contributed by atoms with Crippen LogP contribution in [-0.2, 0) is 15.7 Å². The van der Waals surface area contributed by atoms with Crippen molar-refractivity contribution in [2.75, 3.05) is 39.8 Å². The van der Waals surface area contributed by atoms with E-state index < -0.39 is 29.8 Å². The zero-order valence-corrected chi connectivity index (χ0v) is 22.6. The zero-order valence-electron chi connectivity index (χ0n) is 22.6. The molecule has 2 N–H and O–H groups in total. The number of esters is 1.